The number of Topliss-reactive ketones (excluding diaryl/α,β-unsaturated/α-hetero) is 1. The van der Waals surface area contributed by atoms with E-state index in [-0.39, 0.29) is 17.0 Å². The van der Waals surface area contributed by atoms with Crippen LogP contribution in [-0.4, -0.2) is 35.9 Å². The minimum absolute atomic E-state index is 0.0852. The van der Waals surface area contributed by atoms with Crippen molar-refractivity contribution in [2.24, 2.45) is 0 Å². The maximum Gasteiger partial charge on any atom is 0.450 e. The van der Waals surface area contributed by atoms with Gasteiger partial charge in [-0.05, 0) is 38.5 Å². The standard InChI is InChI=1S/C15H18F3NO5/c1-14(2,3)24-13(22)19-9-5-8(6-10(23-4)12(9)21)7-11(20)15(16,17)18/h5-6,21H,7H2,1-4H3,(H,19,22). The smallest absolute Gasteiger partial charge is 0.450 e. The topological polar surface area (TPSA) is 84.9 Å². The molecule has 0 atom stereocenters. The van der Waals surface area contributed by atoms with Gasteiger partial charge in [-0.1, -0.05) is 0 Å². The van der Waals surface area contributed by atoms with Gasteiger partial charge in [-0.15, -0.1) is 0 Å². The first kappa shape index (κ1) is 19.6. The molecule has 0 aliphatic rings. The molecule has 0 radical (unpaired) electrons. The van der Waals surface area contributed by atoms with E-state index < -0.39 is 35.8 Å². The number of hydrogen-bond donors (Lipinski definition) is 2. The fraction of sp³-hybridized carbons (Fsp3) is 0.467. The highest BCUT2D eigenvalue weighted by Gasteiger charge is 2.38. The summed E-state index contributed by atoms with van der Waals surface area (Å²) in [6.45, 7) is 4.85. The Hall–Kier alpha value is -2.45. The van der Waals surface area contributed by atoms with Gasteiger partial charge < -0.3 is 14.6 Å². The SMILES string of the molecule is COc1cc(CC(=O)C(F)(F)F)cc(NC(=O)OC(C)(C)C)c1O. The van der Waals surface area contributed by atoms with Crippen LogP contribution in [0, 0.1) is 0 Å². The Labute approximate surface area is 136 Å². The number of hydrogen-bond acceptors (Lipinski definition) is 5. The Kier molecular flexibility index (Phi) is 5.70. The number of methoxy groups -OCH3 is 1. The number of aromatic hydroxyl groups is 1. The molecule has 0 saturated heterocycles. The first-order valence-electron chi connectivity index (χ1n) is 6.83. The predicted molar refractivity (Wildman–Crippen MR) is 79.3 cm³/mol. The molecule has 0 aromatic heterocycles. The average Bonchev–Trinajstić information content (AvgIpc) is 2.38. The van der Waals surface area contributed by atoms with Crippen molar-refractivity contribution < 1.29 is 37.3 Å². The van der Waals surface area contributed by atoms with Crippen molar-refractivity contribution in [3.8, 4) is 11.5 Å². The molecule has 2 N–H and O–H groups in total. The van der Waals surface area contributed by atoms with Crippen molar-refractivity contribution in [1.82, 2.24) is 0 Å². The summed E-state index contributed by atoms with van der Waals surface area (Å²) in [5, 5.41) is 12.2. The van der Waals surface area contributed by atoms with Gasteiger partial charge in [0.1, 0.15) is 5.60 Å². The zero-order valence-corrected chi connectivity index (χ0v) is 13.6. The van der Waals surface area contributed by atoms with Gasteiger partial charge in [-0.3, -0.25) is 10.1 Å². The number of rotatable bonds is 4. The first-order chi connectivity index (χ1) is 10.8. The molecular formula is C15H18F3NO5. The molecule has 9 heteroatoms. The molecule has 0 unspecified atom stereocenters. The number of ether oxygens (including phenoxy) is 2. The Morgan fingerprint density at radius 2 is 1.79 bits per heavy atom. The molecule has 0 aliphatic heterocycles. The van der Waals surface area contributed by atoms with Crippen LogP contribution in [0.3, 0.4) is 0 Å². The summed E-state index contributed by atoms with van der Waals surface area (Å²) in [4.78, 5) is 22.8. The van der Waals surface area contributed by atoms with E-state index >= 15 is 0 Å². The fourth-order valence-corrected chi connectivity index (χ4v) is 1.72. The number of nitrogens with one attached hydrogen (secondary N) is 1. The zero-order valence-electron chi connectivity index (χ0n) is 13.6. The van der Waals surface area contributed by atoms with E-state index in [1.54, 1.807) is 20.8 Å². The summed E-state index contributed by atoms with van der Waals surface area (Å²) in [6, 6.07) is 2.13. The summed E-state index contributed by atoms with van der Waals surface area (Å²) in [5.74, 6) is -2.64. The van der Waals surface area contributed by atoms with Gasteiger partial charge in [0.2, 0.25) is 5.78 Å². The van der Waals surface area contributed by atoms with E-state index in [0.29, 0.717) is 0 Å². The highest BCUT2D eigenvalue weighted by Crippen LogP contribution is 2.36. The molecule has 0 aliphatic carbocycles. The van der Waals surface area contributed by atoms with Gasteiger partial charge in [0.15, 0.2) is 11.5 Å². The van der Waals surface area contributed by atoms with Gasteiger partial charge in [-0.2, -0.15) is 13.2 Å². The minimum Gasteiger partial charge on any atom is -0.503 e. The molecule has 1 aromatic carbocycles. The van der Waals surface area contributed by atoms with E-state index in [1.807, 2.05) is 0 Å². The van der Waals surface area contributed by atoms with Crippen LogP contribution in [0.2, 0.25) is 0 Å². The summed E-state index contributed by atoms with van der Waals surface area (Å²) < 4.78 is 47.0. The molecule has 24 heavy (non-hydrogen) atoms. The van der Waals surface area contributed by atoms with E-state index in [9.17, 15) is 27.9 Å². The van der Waals surface area contributed by atoms with Gasteiger partial charge in [0.25, 0.3) is 0 Å². The summed E-state index contributed by atoms with van der Waals surface area (Å²) >= 11 is 0. The maximum absolute atomic E-state index is 12.4. The number of amides is 1. The van der Waals surface area contributed by atoms with E-state index in [0.717, 1.165) is 12.1 Å². The Balaban J connectivity index is 3.09. The number of phenolic OH excluding ortho intramolecular Hbond substituents is 1. The van der Waals surface area contributed by atoms with Crippen molar-refractivity contribution in [3.05, 3.63) is 17.7 Å². The Morgan fingerprint density at radius 1 is 1.21 bits per heavy atom. The number of ketones is 1. The van der Waals surface area contributed by atoms with Crippen LogP contribution in [0.1, 0.15) is 26.3 Å². The summed E-state index contributed by atoms with van der Waals surface area (Å²) in [7, 11) is 1.18. The predicted octanol–water partition coefficient (Wildman–Crippen LogP) is 3.42. The quantitative estimate of drug-likeness (QED) is 0.814. The van der Waals surface area contributed by atoms with Crippen molar-refractivity contribution in [2.75, 3.05) is 12.4 Å². The van der Waals surface area contributed by atoms with E-state index in [4.69, 9.17) is 9.47 Å². The van der Waals surface area contributed by atoms with Crippen molar-refractivity contribution in [3.63, 3.8) is 0 Å². The van der Waals surface area contributed by atoms with Crippen LogP contribution in [-0.2, 0) is 16.0 Å². The molecule has 6 nitrogen and oxygen atoms in total. The molecule has 1 amide bonds. The number of benzene rings is 1. The maximum atomic E-state index is 12.4. The van der Waals surface area contributed by atoms with Crippen LogP contribution in [0.5, 0.6) is 11.5 Å². The highest BCUT2D eigenvalue weighted by molar-refractivity contribution is 5.90. The molecule has 0 heterocycles. The lowest BCUT2D eigenvalue weighted by atomic mass is 10.1. The van der Waals surface area contributed by atoms with Gasteiger partial charge in [0, 0.05) is 6.42 Å². The molecule has 1 aromatic rings. The number of halogens is 3. The lowest BCUT2D eigenvalue weighted by Gasteiger charge is -2.20. The van der Waals surface area contributed by atoms with Crippen LogP contribution < -0.4 is 10.1 Å². The number of carbonyl (C=O) groups excluding carboxylic acids is 2. The lowest BCUT2D eigenvalue weighted by molar-refractivity contribution is -0.170. The second kappa shape index (κ2) is 6.98. The van der Waals surface area contributed by atoms with Crippen molar-refractivity contribution >= 4 is 17.6 Å². The third-order valence-electron chi connectivity index (χ3n) is 2.67. The third kappa shape index (κ3) is 5.64. The number of carbonyl (C=O) groups is 2. The highest BCUT2D eigenvalue weighted by atomic mass is 19.4. The molecular weight excluding hydrogens is 331 g/mol. The average molecular weight is 349 g/mol. The monoisotopic (exact) mass is 349 g/mol. The normalized spacial score (nSPS) is 11.8. The van der Waals surface area contributed by atoms with Crippen LogP contribution in [0.4, 0.5) is 23.7 Å². The second-order valence-electron chi connectivity index (χ2n) is 5.92. The molecule has 0 bridgehead atoms. The second-order valence-corrected chi connectivity index (χ2v) is 5.92. The van der Waals surface area contributed by atoms with Crippen molar-refractivity contribution in [2.45, 2.75) is 39.0 Å². The summed E-state index contributed by atoms with van der Waals surface area (Å²) in [6.07, 6.45) is -6.85. The van der Waals surface area contributed by atoms with E-state index in [1.165, 1.54) is 7.11 Å². The number of alkyl halides is 3. The van der Waals surface area contributed by atoms with Crippen LogP contribution in [0.25, 0.3) is 0 Å². The largest absolute Gasteiger partial charge is 0.503 e. The zero-order chi connectivity index (χ0) is 18.7. The third-order valence-corrected chi connectivity index (χ3v) is 2.67. The van der Waals surface area contributed by atoms with Gasteiger partial charge in [0.05, 0.1) is 12.8 Å². The van der Waals surface area contributed by atoms with Crippen LogP contribution in [0.15, 0.2) is 12.1 Å². The van der Waals surface area contributed by atoms with Crippen LogP contribution >= 0.6 is 0 Å². The molecule has 134 valence electrons. The lowest BCUT2D eigenvalue weighted by Crippen LogP contribution is -2.27. The van der Waals surface area contributed by atoms with Gasteiger partial charge in [-0.25, -0.2) is 4.79 Å². The Morgan fingerprint density at radius 3 is 2.25 bits per heavy atom. The molecule has 1 rings (SSSR count). The molecule has 0 saturated carbocycles. The minimum atomic E-state index is -4.98. The van der Waals surface area contributed by atoms with Crippen molar-refractivity contribution in [1.29, 1.82) is 0 Å². The van der Waals surface area contributed by atoms with Gasteiger partial charge >= 0.3 is 12.3 Å². The molecule has 0 fully saturated rings. The number of anilines is 1. The summed E-state index contributed by atoms with van der Waals surface area (Å²) in [5.41, 5.74) is -1.13. The molecule has 0 spiro atoms. The first-order valence-corrected chi connectivity index (χ1v) is 6.83. The van der Waals surface area contributed by atoms with E-state index in [2.05, 4.69) is 5.32 Å². The number of phenols is 1. The fourth-order valence-electron chi connectivity index (χ4n) is 1.72. The Bertz CT molecular complexity index is 635.